The van der Waals surface area contributed by atoms with Crippen molar-refractivity contribution >= 4 is 12.4 Å². The zero-order chi connectivity index (χ0) is 9.52. The van der Waals surface area contributed by atoms with E-state index in [1.54, 1.807) is 0 Å². The maximum absolute atomic E-state index is 8.79. The van der Waals surface area contributed by atoms with E-state index in [1.165, 1.54) is 0 Å². The third-order valence-corrected chi connectivity index (χ3v) is 1.72. The van der Waals surface area contributed by atoms with Gasteiger partial charge in [-0.1, -0.05) is 12.1 Å². The highest BCUT2D eigenvalue weighted by Crippen LogP contribution is 2.11. The van der Waals surface area contributed by atoms with Crippen LogP contribution in [0.25, 0.3) is 0 Å². The molecule has 80 valence electrons. The van der Waals surface area contributed by atoms with Crippen molar-refractivity contribution in [2.75, 3.05) is 13.2 Å². The largest absolute Gasteiger partial charge is 0.494 e. The van der Waals surface area contributed by atoms with Crippen LogP contribution < -0.4 is 10.5 Å². The van der Waals surface area contributed by atoms with E-state index in [0.29, 0.717) is 13.2 Å². The quantitative estimate of drug-likeness (QED) is 0.732. The molecule has 0 aliphatic rings. The molecule has 0 saturated heterocycles. The molecular formula is C10H16ClNO2. The molecule has 0 bridgehead atoms. The summed E-state index contributed by atoms with van der Waals surface area (Å²) in [6, 6.07) is 7.39. The van der Waals surface area contributed by atoms with Gasteiger partial charge in [-0.15, -0.1) is 12.4 Å². The molecule has 1 rings (SSSR count). The van der Waals surface area contributed by atoms with Crippen LogP contribution in [-0.4, -0.2) is 18.3 Å². The highest BCUT2D eigenvalue weighted by molar-refractivity contribution is 5.85. The van der Waals surface area contributed by atoms with E-state index in [2.05, 4.69) is 0 Å². The van der Waals surface area contributed by atoms with Crippen molar-refractivity contribution < 1.29 is 9.84 Å². The van der Waals surface area contributed by atoms with Crippen LogP contribution in [0.4, 0.5) is 0 Å². The fourth-order valence-corrected chi connectivity index (χ4v) is 0.964. The second-order valence-electron chi connectivity index (χ2n) is 2.79. The highest BCUT2D eigenvalue weighted by Gasteiger charge is 1.93. The molecule has 14 heavy (non-hydrogen) atoms. The van der Waals surface area contributed by atoms with Crippen LogP contribution in [0.3, 0.4) is 0 Å². The SMILES string of the molecule is Cl.NCCCOc1ccc(CO)cc1. The lowest BCUT2D eigenvalue weighted by molar-refractivity contribution is 0.281. The van der Waals surface area contributed by atoms with Crippen molar-refractivity contribution in [3.8, 4) is 5.75 Å². The van der Waals surface area contributed by atoms with Gasteiger partial charge in [0.25, 0.3) is 0 Å². The Kier molecular flexibility index (Phi) is 7.20. The van der Waals surface area contributed by atoms with Gasteiger partial charge in [-0.25, -0.2) is 0 Å². The molecule has 0 aliphatic heterocycles. The van der Waals surface area contributed by atoms with E-state index in [0.717, 1.165) is 17.7 Å². The number of aliphatic hydroxyl groups is 1. The molecule has 0 heterocycles. The third kappa shape index (κ3) is 4.46. The number of halogens is 1. The van der Waals surface area contributed by atoms with E-state index in [9.17, 15) is 0 Å². The molecule has 3 nitrogen and oxygen atoms in total. The minimum Gasteiger partial charge on any atom is -0.494 e. The Bertz CT molecular complexity index is 238. The summed E-state index contributed by atoms with van der Waals surface area (Å²) in [4.78, 5) is 0. The van der Waals surface area contributed by atoms with Crippen LogP contribution in [0.2, 0.25) is 0 Å². The number of benzene rings is 1. The Labute approximate surface area is 90.3 Å². The third-order valence-electron chi connectivity index (χ3n) is 1.72. The molecule has 0 unspecified atom stereocenters. The van der Waals surface area contributed by atoms with Crippen molar-refractivity contribution in [1.82, 2.24) is 0 Å². The zero-order valence-corrected chi connectivity index (χ0v) is 8.80. The first-order chi connectivity index (χ1) is 6.36. The summed E-state index contributed by atoms with van der Waals surface area (Å²) in [5.41, 5.74) is 6.22. The van der Waals surface area contributed by atoms with Gasteiger partial charge in [-0.2, -0.15) is 0 Å². The van der Waals surface area contributed by atoms with E-state index >= 15 is 0 Å². The van der Waals surface area contributed by atoms with Gasteiger partial charge in [-0.05, 0) is 30.7 Å². The van der Waals surface area contributed by atoms with Crippen molar-refractivity contribution in [2.45, 2.75) is 13.0 Å². The monoisotopic (exact) mass is 217 g/mol. The molecule has 0 saturated carbocycles. The maximum Gasteiger partial charge on any atom is 0.119 e. The number of ether oxygens (including phenoxy) is 1. The summed E-state index contributed by atoms with van der Waals surface area (Å²) in [7, 11) is 0. The van der Waals surface area contributed by atoms with Crippen molar-refractivity contribution in [3.63, 3.8) is 0 Å². The molecule has 3 N–H and O–H groups in total. The summed E-state index contributed by atoms with van der Waals surface area (Å²) in [6.07, 6.45) is 0.863. The molecule has 4 heteroatoms. The van der Waals surface area contributed by atoms with Gasteiger partial charge in [0, 0.05) is 0 Å². The summed E-state index contributed by atoms with van der Waals surface area (Å²) < 4.78 is 5.38. The smallest absolute Gasteiger partial charge is 0.119 e. The van der Waals surface area contributed by atoms with Crippen LogP contribution in [0.15, 0.2) is 24.3 Å². The normalized spacial score (nSPS) is 9.29. The zero-order valence-electron chi connectivity index (χ0n) is 7.98. The molecule has 0 radical (unpaired) electrons. The standard InChI is InChI=1S/C10H15NO2.ClH/c11-6-1-7-13-10-4-2-9(8-12)3-5-10;/h2-5,12H,1,6-8,11H2;1H. The van der Waals surface area contributed by atoms with E-state index < -0.39 is 0 Å². The highest BCUT2D eigenvalue weighted by atomic mass is 35.5. The van der Waals surface area contributed by atoms with Gasteiger partial charge in [-0.3, -0.25) is 0 Å². The molecule has 1 aromatic rings. The first-order valence-corrected chi connectivity index (χ1v) is 4.39. The number of nitrogens with two attached hydrogens (primary N) is 1. The number of hydrogen-bond donors (Lipinski definition) is 2. The topological polar surface area (TPSA) is 55.5 Å². The Hall–Kier alpha value is -0.770. The molecule has 0 atom stereocenters. The molecule has 0 aliphatic carbocycles. The minimum atomic E-state index is 0. The first kappa shape index (κ1) is 13.2. The lowest BCUT2D eigenvalue weighted by Gasteiger charge is -2.05. The van der Waals surface area contributed by atoms with Crippen LogP contribution in [0, 0.1) is 0 Å². The van der Waals surface area contributed by atoms with Crippen LogP contribution in [0.5, 0.6) is 5.75 Å². The van der Waals surface area contributed by atoms with Gasteiger partial charge in [0.2, 0.25) is 0 Å². The average molecular weight is 218 g/mol. The Morgan fingerprint density at radius 2 is 1.86 bits per heavy atom. The van der Waals surface area contributed by atoms with E-state index in [-0.39, 0.29) is 19.0 Å². The first-order valence-electron chi connectivity index (χ1n) is 4.39. The van der Waals surface area contributed by atoms with Crippen LogP contribution >= 0.6 is 12.4 Å². The Morgan fingerprint density at radius 1 is 1.21 bits per heavy atom. The fourth-order valence-electron chi connectivity index (χ4n) is 0.964. The maximum atomic E-state index is 8.79. The minimum absolute atomic E-state index is 0. The fraction of sp³-hybridized carbons (Fsp3) is 0.400. The summed E-state index contributed by atoms with van der Waals surface area (Å²) in [5.74, 6) is 0.825. The molecular weight excluding hydrogens is 202 g/mol. The molecule has 0 fully saturated rings. The lowest BCUT2D eigenvalue weighted by atomic mass is 10.2. The molecule has 0 spiro atoms. The second kappa shape index (κ2) is 7.62. The van der Waals surface area contributed by atoms with Crippen LogP contribution in [-0.2, 0) is 6.61 Å². The molecule has 1 aromatic carbocycles. The number of rotatable bonds is 5. The molecule has 0 amide bonds. The van der Waals surface area contributed by atoms with Gasteiger partial charge in [0.05, 0.1) is 13.2 Å². The summed E-state index contributed by atoms with van der Waals surface area (Å²) in [5, 5.41) is 8.79. The van der Waals surface area contributed by atoms with Crippen molar-refractivity contribution in [2.24, 2.45) is 5.73 Å². The van der Waals surface area contributed by atoms with Crippen LogP contribution in [0.1, 0.15) is 12.0 Å². The second-order valence-corrected chi connectivity index (χ2v) is 2.79. The number of aliphatic hydroxyl groups excluding tert-OH is 1. The van der Waals surface area contributed by atoms with Crippen molar-refractivity contribution in [3.05, 3.63) is 29.8 Å². The summed E-state index contributed by atoms with van der Waals surface area (Å²) in [6.45, 7) is 1.37. The van der Waals surface area contributed by atoms with E-state index in [4.69, 9.17) is 15.6 Å². The molecule has 0 aromatic heterocycles. The van der Waals surface area contributed by atoms with Gasteiger partial charge < -0.3 is 15.6 Å². The Morgan fingerprint density at radius 3 is 2.36 bits per heavy atom. The predicted octanol–water partition coefficient (Wildman–Crippen LogP) is 1.33. The lowest BCUT2D eigenvalue weighted by Crippen LogP contribution is -2.05. The van der Waals surface area contributed by atoms with Gasteiger partial charge >= 0.3 is 0 Å². The number of hydrogen-bond acceptors (Lipinski definition) is 3. The van der Waals surface area contributed by atoms with Crippen molar-refractivity contribution in [1.29, 1.82) is 0 Å². The Balaban J connectivity index is 0.00000169. The summed E-state index contributed by atoms with van der Waals surface area (Å²) >= 11 is 0. The predicted molar refractivity (Wildman–Crippen MR) is 58.8 cm³/mol. The van der Waals surface area contributed by atoms with Gasteiger partial charge in [0.15, 0.2) is 0 Å². The average Bonchev–Trinajstić information content (AvgIpc) is 2.19. The van der Waals surface area contributed by atoms with Gasteiger partial charge in [0.1, 0.15) is 5.75 Å². The van der Waals surface area contributed by atoms with E-state index in [1.807, 2.05) is 24.3 Å².